The third kappa shape index (κ3) is 16.5. The van der Waals surface area contributed by atoms with Gasteiger partial charge in [-0.15, -0.1) is 0 Å². The van der Waals surface area contributed by atoms with Gasteiger partial charge in [-0.25, -0.2) is 0 Å². The topological polar surface area (TPSA) is 598 Å². The zero-order valence-electron chi connectivity index (χ0n) is 68.6. The van der Waals surface area contributed by atoms with Crippen molar-refractivity contribution < 1.29 is 175 Å². The molecule has 3 aliphatic heterocycles. The van der Waals surface area contributed by atoms with Crippen LogP contribution in [0.5, 0.6) is 46.0 Å². The number of phenols is 6. The van der Waals surface area contributed by atoms with Crippen molar-refractivity contribution in [1.29, 1.82) is 0 Å². The van der Waals surface area contributed by atoms with Crippen LogP contribution in [0.4, 0.5) is 13.2 Å². The first kappa shape index (κ1) is 92.5. The molecule has 15 rings (SSSR count). The number of halogens is 3. The molecule has 6 aromatic carbocycles. The highest BCUT2D eigenvalue weighted by molar-refractivity contribution is 6.33. The zero-order chi connectivity index (χ0) is 92.1. The minimum Gasteiger partial charge on any atom is -0.507 e. The van der Waals surface area contributed by atoms with Crippen LogP contribution in [-0.4, -0.2) is 254 Å². The lowest BCUT2D eigenvalue weighted by molar-refractivity contribution is -0.250. The van der Waals surface area contributed by atoms with E-state index in [9.17, 15) is 132 Å². The second kappa shape index (κ2) is 35.3. The molecule has 39 heteroatoms. The van der Waals surface area contributed by atoms with E-state index in [1.54, 1.807) is 31.3 Å². The van der Waals surface area contributed by atoms with Gasteiger partial charge in [-0.2, -0.15) is 13.2 Å². The molecule has 0 saturated carbocycles. The summed E-state index contributed by atoms with van der Waals surface area (Å²) in [6.45, 7) is 5.57. The number of nitrogens with one attached hydrogen (secondary N) is 1. The van der Waals surface area contributed by atoms with E-state index in [2.05, 4.69) is 0 Å². The van der Waals surface area contributed by atoms with Gasteiger partial charge < -0.3 is 126 Å². The lowest BCUT2D eigenvalue weighted by atomic mass is 9.72. The van der Waals surface area contributed by atoms with Crippen molar-refractivity contribution in [2.75, 3.05) is 27.4 Å². The summed E-state index contributed by atoms with van der Waals surface area (Å²) in [5, 5.41) is 145. The van der Waals surface area contributed by atoms with E-state index in [1.807, 2.05) is 6.92 Å². The molecule has 3 saturated heterocycles. The van der Waals surface area contributed by atoms with Crippen LogP contribution >= 0.6 is 0 Å². The van der Waals surface area contributed by atoms with Crippen LogP contribution in [0.25, 0.3) is 0 Å². The molecule has 0 bridgehead atoms. The summed E-state index contributed by atoms with van der Waals surface area (Å²) in [6.07, 6.45) is -21.8. The fraction of sp³-hybridized carbons (Fsp3) is 0.460. The Labute approximate surface area is 713 Å². The van der Waals surface area contributed by atoms with Crippen molar-refractivity contribution in [1.82, 2.24) is 5.32 Å². The summed E-state index contributed by atoms with van der Waals surface area (Å²) in [6, 6.07) is 11.6. The number of aliphatic hydroxyl groups excluding tert-OH is 4. The number of carbonyl (C=O) groups is 11. The summed E-state index contributed by atoms with van der Waals surface area (Å²) < 4.78 is 89.9. The fourth-order valence-corrected chi connectivity index (χ4v) is 17.8. The first-order valence-corrected chi connectivity index (χ1v) is 40.2. The number of amides is 1. The first-order valence-electron chi connectivity index (χ1n) is 40.2. The molecule has 18 N–H and O–H groups in total. The Balaban J connectivity index is 0.000000165. The Bertz CT molecular complexity index is 5500. The lowest BCUT2D eigenvalue weighted by Gasteiger charge is -2.43. The molecule has 36 nitrogen and oxygen atoms in total. The number of aliphatic hydroxyl groups is 7. The molecule has 0 radical (unpaired) electrons. The van der Waals surface area contributed by atoms with E-state index < -0.39 is 287 Å². The Kier molecular flexibility index (Phi) is 25.9. The molecule has 9 aliphatic rings. The number of ether oxygens (including phenoxy) is 9. The van der Waals surface area contributed by atoms with Gasteiger partial charge in [0.1, 0.15) is 75.5 Å². The van der Waals surface area contributed by atoms with E-state index in [0.717, 1.165) is 0 Å². The quantitative estimate of drug-likeness (QED) is 0.0432. The van der Waals surface area contributed by atoms with Gasteiger partial charge in [0.15, 0.2) is 60.2 Å². The summed E-state index contributed by atoms with van der Waals surface area (Å²) in [5.41, 5.74) is 0.905. The van der Waals surface area contributed by atoms with Crippen LogP contribution in [0.15, 0.2) is 60.7 Å². The fourth-order valence-electron chi connectivity index (χ4n) is 17.8. The number of hydrogen-bond acceptors (Lipinski definition) is 35. The van der Waals surface area contributed by atoms with Gasteiger partial charge in [0.2, 0.25) is 17.3 Å². The second-order valence-electron chi connectivity index (χ2n) is 32.6. The number of rotatable bonds is 18. The summed E-state index contributed by atoms with van der Waals surface area (Å²) >= 11 is 0. The highest BCUT2D eigenvalue weighted by Gasteiger charge is 2.56. The van der Waals surface area contributed by atoms with Gasteiger partial charge in [0, 0.05) is 132 Å². The van der Waals surface area contributed by atoms with Gasteiger partial charge in [-0.1, -0.05) is 61.9 Å². The SMILES string of the molecule is CC(=O)[C@]1(O)Cc2c(O)c3c(c(O)c2[C@@H](O[C@H]2C[C@H](N)[C@H](O)[C@H](C)O2)C1)C(=O)c1ccccc1C3=O.CCCCC(=O)OCC(=O)[C@]1(O)Cc2c(O)c3c(c(O)c2[C@@H](OC2CC(NC(=O)C(F)(F)F)C(O)C(C)O2)C1)C(=O)c1c(OC)cccc1C3=O.COc1cccc2c1C(=O)c1c(O)c3c(c(O)c1C2=O)C[C@@](O)(C(=O)CO)C[C@@H]3O[C@H]1C[C@H](N)[C@@H](O)[C@H](C)O1. The zero-order valence-corrected chi connectivity index (χ0v) is 68.6. The van der Waals surface area contributed by atoms with Crippen LogP contribution in [0.2, 0.25) is 0 Å². The Morgan fingerprint density at radius 2 is 0.841 bits per heavy atom. The first-order chi connectivity index (χ1) is 59.3. The van der Waals surface area contributed by atoms with Crippen molar-refractivity contribution in [3.8, 4) is 46.0 Å². The summed E-state index contributed by atoms with van der Waals surface area (Å²) in [7, 11) is 2.57. The van der Waals surface area contributed by atoms with E-state index >= 15 is 0 Å². The number of fused-ring (bicyclic) bond motifs is 9. The van der Waals surface area contributed by atoms with Crippen molar-refractivity contribution in [3.05, 3.63) is 161 Å². The normalized spacial score (nSPS) is 28.6. The number of nitrogens with two attached hydrogens (primary N) is 2. The molecule has 18 atom stereocenters. The molecular weight excluding hydrogens is 1670 g/mol. The van der Waals surface area contributed by atoms with E-state index in [4.69, 9.17) is 54.1 Å². The van der Waals surface area contributed by atoms with E-state index in [0.29, 0.717) is 12.8 Å². The average Bonchev–Trinajstić information content (AvgIpc) is 0.715. The smallest absolute Gasteiger partial charge is 0.471 e. The number of esters is 1. The van der Waals surface area contributed by atoms with Gasteiger partial charge in [0.05, 0.1) is 114 Å². The van der Waals surface area contributed by atoms with Crippen molar-refractivity contribution >= 4 is 63.9 Å². The number of hydrogen-bond donors (Lipinski definition) is 16. The number of ketones is 9. The van der Waals surface area contributed by atoms with Crippen LogP contribution in [0.3, 0.4) is 0 Å². The Morgan fingerprint density at radius 1 is 0.492 bits per heavy atom. The van der Waals surface area contributed by atoms with Gasteiger partial charge in [-0.3, -0.25) is 52.7 Å². The molecule has 3 heterocycles. The van der Waals surface area contributed by atoms with Crippen LogP contribution < -0.4 is 26.3 Å². The van der Waals surface area contributed by atoms with Gasteiger partial charge in [0.25, 0.3) is 0 Å². The maximum Gasteiger partial charge on any atom is 0.471 e. The summed E-state index contributed by atoms with van der Waals surface area (Å²) in [5.74, 6) is -14.5. The lowest BCUT2D eigenvalue weighted by Crippen LogP contribution is -2.57. The molecule has 6 aromatic rings. The van der Waals surface area contributed by atoms with Gasteiger partial charge >= 0.3 is 18.1 Å². The molecular formula is C87H92F3N3O33. The standard InChI is InChI=1S/C34H36F3NO13.C27H29NO11.C26H27NO9/c1-4-5-9-21(40)49-13-20(39)33(47)11-16-24(19(12-33)51-22-10-17(27(41)14(2)50-22)38-32(46)34(35,36)37)31(45)26-25(29(16)43)28(42)15-7-6-8-18(48-3)23(15)30(26)44;1-10-22(31)13(28)6-17(38-10)39-15-8-27(36,16(30)9-29)7-12-19(15)26(35)21-20(24(12)33)23(32)11-4-3-5-14(37-2)18(11)25(21)34;1-10-21(29)15(27)7-17(35-10)36-16-9-26(34,11(2)28)8-14-18(16)25(33)20-19(24(14)32)22(30)12-5-3-4-6-13(12)23(20)31/h6-8,14,17,19,22,27,41,43,45,47H,4-5,9-13H2,1-3H3,(H,38,46);3-5,10,13,15,17,22,29,31,33,35-36H,6-9,28H2,1-2H3;3-6,10,15-17,21,29,32-34H,7-9,27H2,1-2H3/t14?,17?,19-,22?,27?,33-;10-,13-,15-,17-,22-,27-;10-,15-,16-,17-,21+,26-/m000/s1. The molecule has 0 spiro atoms. The molecule has 4 unspecified atom stereocenters. The molecule has 1 amide bonds. The Hall–Kier alpha value is -11.1. The monoisotopic (exact) mass is 1760 g/mol. The maximum atomic E-state index is 13.9. The van der Waals surface area contributed by atoms with Crippen molar-refractivity contribution in [3.63, 3.8) is 0 Å². The predicted octanol–water partition coefficient (Wildman–Crippen LogP) is 3.48. The number of phenolic OH excluding ortho intramolecular Hbond substituents is 6. The summed E-state index contributed by atoms with van der Waals surface area (Å²) in [4.78, 5) is 144. The minimum absolute atomic E-state index is 0.00489. The number of Topliss-reactive ketones (excluding diaryl/α,β-unsaturated/α-hetero) is 3. The number of unbranched alkanes of at least 4 members (excludes halogenated alkanes) is 1. The van der Waals surface area contributed by atoms with Crippen LogP contribution in [-0.2, 0) is 76.4 Å². The van der Waals surface area contributed by atoms with E-state index in [-0.39, 0.29) is 115 Å². The second-order valence-corrected chi connectivity index (χ2v) is 32.6. The highest BCUT2D eigenvalue weighted by Crippen LogP contribution is 2.57. The number of methoxy groups -OCH3 is 2. The number of carbonyl (C=O) groups excluding carboxylic acids is 11. The molecule has 126 heavy (non-hydrogen) atoms. The number of benzene rings is 6. The van der Waals surface area contributed by atoms with Crippen LogP contribution in [0.1, 0.15) is 240 Å². The van der Waals surface area contributed by atoms with E-state index in [1.165, 1.54) is 76.6 Å². The third-order valence-corrected chi connectivity index (χ3v) is 24.6. The van der Waals surface area contributed by atoms with Gasteiger partial charge in [-0.05, 0) is 46.2 Å². The van der Waals surface area contributed by atoms with Crippen molar-refractivity contribution in [2.24, 2.45) is 11.5 Å². The largest absolute Gasteiger partial charge is 0.507 e. The highest BCUT2D eigenvalue weighted by atomic mass is 19.4. The molecule has 3 fully saturated rings. The Morgan fingerprint density at radius 3 is 1.21 bits per heavy atom. The molecule has 0 aromatic heterocycles. The van der Waals surface area contributed by atoms with Crippen LogP contribution in [0, 0.1) is 0 Å². The van der Waals surface area contributed by atoms with Crippen molar-refractivity contribution in [2.45, 2.75) is 227 Å². The minimum atomic E-state index is -5.29. The maximum absolute atomic E-state index is 13.9. The average molecular weight is 1760 g/mol. The molecule has 674 valence electrons. The number of alkyl halides is 3. The third-order valence-electron chi connectivity index (χ3n) is 24.6. The molecule has 6 aliphatic carbocycles. The predicted molar refractivity (Wildman–Crippen MR) is 421 cm³/mol. The number of aromatic hydroxyl groups is 6.